The number of likely N-dealkylation sites (tertiary alicyclic amines) is 1. The average Bonchev–Trinajstić information content (AvgIpc) is 3.25. The molecule has 2 heterocycles. The van der Waals surface area contributed by atoms with E-state index in [0.29, 0.717) is 34.5 Å². The minimum atomic E-state index is -0.415. The summed E-state index contributed by atoms with van der Waals surface area (Å²) in [7, 11) is 0. The largest absolute Gasteiger partial charge is 0.331 e. The monoisotopic (exact) mass is 378 g/mol. The number of carbonyl (C=O) groups is 2. The van der Waals surface area contributed by atoms with Gasteiger partial charge in [0.05, 0.1) is 0 Å². The zero-order valence-corrected chi connectivity index (χ0v) is 15.4. The standard InChI is InChI=1S/C17H19ClN4O2S/c1-2-4-14(23)22-10-3-5-13(22)15(24)19-17-21-20-16(25-17)11-6-8-12(18)9-7-11/h6-9,13H,2-5,10H2,1H3,(H,19,21,24). The second kappa shape index (κ2) is 7.93. The lowest BCUT2D eigenvalue weighted by atomic mass is 10.2. The van der Waals surface area contributed by atoms with E-state index in [0.717, 1.165) is 18.4 Å². The highest BCUT2D eigenvalue weighted by molar-refractivity contribution is 7.18. The van der Waals surface area contributed by atoms with Gasteiger partial charge in [-0.25, -0.2) is 0 Å². The van der Waals surface area contributed by atoms with Crippen LogP contribution in [0.3, 0.4) is 0 Å². The fraction of sp³-hybridized carbons (Fsp3) is 0.412. The SMILES string of the molecule is CCCC(=O)N1CCCC1C(=O)Nc1nnc(-c2ccc(Cl)cc2)s1. The molecule has 1 atom stereocenters. The summed E-state index contributed by atoms with van der Waals surface area (Å²) in [6.07, 6.45) is 2.79. The molecule has 1 N–H and O–H groups in total. The molecular formula is C17H19ClN4O2S. The molecule has 0 radical (unpaired) electrons. The highest BCUT2D eigenvalue weighted by Gasteiger charge is 2.33. The lowest BCUT2D eigenvalue weighted by Crippen LogP contribution is -2.43. The van der Waals surface area contributed by atoms with Gasteiger partial charge in [0, 0.05) is 23.6 Å². The summed E-state index contributed by atoms with van der Waals surface area (Å²) in [5.41, 5.74) is 0.892. The Balaban J connectivity index is 1.67. The first-order valence-corrected chi connectivity index (χ1v) is 9.47. The zero-order chi connectivity index (χ0) is 17.8. The third-order valence-electron chi connectivity index (χ3n) is 4.09. The van der Waals surface area contributed by atoms with Crippen LogP contribution < -0.4 is 5.32 Å². The van der Waals surface area contributed by atoms with E-state index in [4.69, 9.17) is 11.6 Å². The molecule has 2 aromatic rings. The quantitative estimate of drug-likeness (QED) is 0.862. The summed E-state index contributed by atoms with van der Waals surface area (Å²) >= 11 is 7.18. The molecule has 132 valence electrons. The molecule has 25 heavy (non-hydrogen) atoms. The van der Waals surface area contributed by atoms with E-state index in [1.165, 1.54) is 11.3 Å². The average molecular weight is 379 g/mol. The first kappa shape index (κ1) is 17.8. The molecule has 0 saturated carbocycles. The van der Waals surface area contributed by atoms with Gasteiger partial charge in [-0.2, -0.15) is 0 Å². The Bertz CT molecular complexity index is 762. The lowest BCUT2D eigenvalue weighted by molar-refractivity contribution is -0.136. The van der Waals surface area contributed by atoms with E-state index in [-0.39, 0.29) is 11.8 Å². The summed E-state index contributed by atoms with van der Waals surface area (Å²) in [5, 5.41) is 12.7. The van der Waals surface area contributed by atoms with Gasteiger partial charge in [0.2, 0.25) is 16.9 Å². The molecule has 1 saturated heterocycles. The number of hydrogen-bond donors (Lipinski definition) is 1. The van der Waals surface area contributed by atoms with Crippen LogP contribution in [0.2, 0.25) is 5.02 Å². The van der Waals surface area contributed by atoms with Gasteiger partial charge in [0.25, 0.3) is 0 Å². The van der Waals surface area contributed by atoms with E-state index in [2.05, 4.69) is 15.5 Å². The number of aromatic nitrogens is 2. The van der Waals surface area contributed by atoms with Crippen molar-refractivity contribution < 1.29 is 9.59 Å². The maximum atomic E-state index is 12.5. The Labute approximate surface area is 155 Å². The Kier molecular flexibility index (Phi) is 5.65. The number of rotatable bonds is 5. The van der Waals surface area contributed by atoms with Crippen molar-refractivity contribution in [3.8, 4) is 10.6 Å². The van der Waals surface area contributed by atoms with Crippen LogP contribution in [0.5, 0.6) is 0 Å². The van der Waals surface area contributed by atoms with Crippen LogP contribution >= 0.6 is 22.9 Å². The smallest absolute Gasteiger partial charge is 0.249 e. The van der Waals surface area contributed by atoms with Crippen LogP contribution in [0.25, 0.3) is 10.6 Å². The molecule has 3 rings (SSSR count). The molecule has 0 spiro atoms. The van der Waals surface area contributed by atoms with Crippen molar-refractivity contribution in [3.05, 3.63) is 29.3 Å². The molecule has 6 nitrogen and oxygen atoms in total. The van der Waals surface area contributed by atoms with Gasteiger partial charge in [-0.1, -0.05) is 42.0 Å². The van der Waals surface area contributed by atoms with Gasteiger partial charge >= 0.3 is 0 Å². The fourth-order valence-electron chi connectivity index (χ4n) is 2.87. The second-order valence-electron chi connectivity index (χ2n) is 5.90. The Morgan fingerprint density at radius 2 is 2.08 bits per heavy atom. The number of anilines is 1. The normalized spacial score (nSPS) is 16.9. The third-order valence-corrected chi connectivity index (χ3v) is 5.23. The van der Waals surface area contributed by atoms with Gasteiger partial charge in [0.1, 0.15) is 11.0 Å². The first-order chi connectivity index (χ1) is 12.1. The Morgan fingerprint density at radius 3 is 2.80 bits per heavy atom. The molecule has 1 aliphatic rings. The number of carbonyl (C=O) groups excluding carboxylic acids is 2. The molecule has 1 aromatic heterocycles. The van der Waals surface area contributed by atoms with Gasteiger partial charge in [-0.05, 0) is 31.4 Å². The Morgan fingerprint density at radius 1 is 1.32 bits per heavy atom. The number of nitrogens with zero attached hydrogens (tertiary/aromatic N) is 3. The van der Waals surface area contributed by atoms with Crippen molar-refractivity contribution in [2.24, 2.45) is 0 Å². The van der Waals surface area contributed by atoms with Crippen molar-refractivity contribution in [2.45, 2.75) is 38.6 Å². The van der Waals surface area contributed by atoms with Crippen molar-refractivity contribution in [2.75, 3.05) is 11.9 Å². The predicted octanol–water partition coefficient (Wildman–Crippen LogP) is 3.59. The third kappa shape index (κ3) is 4.16. The number of hydrogen-bond acceptors (Lipinski definition) is 5. The summed E-state index contributed by atoms with van der Waals surface area (Å²) in [4.78, 5) is 26.4. The van der Waals surface area contributed by atoms with Crippen molar-refractivity contribution in [1.29, 1.82) is 0 Å². The highest BCUT2D eigenvalue weighted by atomic mass is 35.5. The highest BCUT2D eigenvalue weighted by Crippen LogP contribution is 2.28. The minimum absolute atomic E-state index is 0.0410. The van der Waals surface area contributed by atoms with E-state index in [1.54, 1.807) is 17.0 Å². The van der Waals surface area contributed by atoms with Crippen LogP contribution in [0.4, 0.5) is 5.13 Å². The predicted molar refractivity (Wildman–Crippen MR) is 98.6 cm³/mol. The van der Waals surface area contributed by atoms with Crippen molar-refractivity contribution in [3.63, 3.8) is 0 Å². The van der Waals surface area contributed by atoms with Crippen LogP contribution in [0.1, 0.15) is 32.6 Å². The van der Waals surface area contributed by atoms with E-state index in [1.807, 2.05) is 19.1 Å². The minimum Gasteiger partial charge on any atom is -0.331 e. The van der Waals surface area contributed by atoms with Gasteiger partial charge in [0.15, 0.2) is 0 Å². The number of benzene rings is 1. The summed E-state index contributed by atoms with van der Waals surface area (Å²) in [5.74, 6) is -0.153. The molecule has 2 amide bonds. The maximum absolute atomic E-state index is 12.5. The zero-order valence-electron chi connectivity index (χ0n) is 13.9. The summed E-state index contributed by atoms with van der Waals surface area (Å²) in [6.45, 7) is 2.60. The molecule has 1 aliphatic heterocycles. The van der Waals surface area contributed by atoms with E-state index in [9.17, 15) is 9.59 Å². The molecule has 0 bridgehead atoms. The van der Waals surface area contributed by atoms with Crippen LogP contribution in [0.15, 0.2) is 24.3 Å². The van der Waals surface area contributed by atoms with Crippen molar-refractivity contribution in [1.82, 2.24) is 15.1 Å². The molecule has 1 unspecified atom stereocenters. The molecule has 1 fully saturated rings. The van der Waals surface area contributed by atoms with E-state index >= 15 is 0 Å². The van der Waals surface area contributed by atoms with Crippen LogP contribution in [-0.4, -0.2) is 39.5 Å². The summed E-state index contributed by atoms with van der Waals surface area (Å²) < 4.78 is 0. The van der Waals surface area contributed by atoms with Crippen LogP contribution in [0, 0.1) is 0 Å². The second-order valence-corrected chi connectivity index (χ2v) is 7.32. The first-order valence-electron chi connectivity index (χ1n) is 8.28. The van der Waals surface area contributed by atoms with Gasteiger partial charge in [-0.3, -0.25) is 14.9 Å². The number of nitrogens with one attached hydrogen (secondary N) is 1. The molecule has 0 aliphatic carbocycles. The molecule has 8 heteroatoms. The lowest BCUT2D eigenvalue weighted by Gasteiger charge is -2.23. The van der Waals surface area contributed by atoms with E-state index < -0.39 is 6.04 Å². The maximum Gasteiger partial charge on any atom is 0.249 e. The number of amides is 2. The topological polar surface area (TPSA) is 75.2 Å². The molecule has 1 aromatic carbocycles. The summed E-state index contributed by atoms with van der Waals surface area (Å²) in [6, 6.07) is 6.87. The fourth-order valence-corrected chi connectivity index (χ4v) is 3.74. The van der Waals surface area contributed by atoms with Gasteiger partial charge in [-0.15, -0.1) is 10.2 Å². The molecular weight excluding hydrogens is 360 g/mol. The number of halogens is 1. The van der Waals surface area contributed by atoms with Gasteiger partial charge < -0.3 is 4.90 Å². The van der Waals surface area contributed by atoms with Crippen LogP contribution in [-0.2, 0) is 9.59 Å². The Hall–Kier alpha value is -1.99. The van der Waals surface area contributed by atoms with Crippen molar-refractivity contribution >= 4 is 39.9 Å².